The van der Waals surface area contributed by atoms with E-state index in [0.29, 0.717) is 0 Å². The highest BCUT2D eigenvalue weighted by atomic mass is 16.4. The van der Waals surface area contributed by atoms with Gasteiger partial charge in [-0.3, -0.25) is 24.0 Å². The van der Waals surface area contributed by atoms with E-state index < -0.39 is 22.2 Å². The Morgan fingerprint density at radius 1 is 0.568 bits per heavy atom. The smallest absolute Gasteiger partial charge is 0.310 e. The SMILES string of the molecule is CC(=O)C(C)(Cc1cccc(CC(C)(Cc2cccc(CC(C)(C(C)=O)C(C)=O)c2)C(=O)O)c1)C(C)=O. The number of carbonyl (C=O) groups excluding carboxylic acids is 4. The van der Waals surface area contributed by atoms with Crippen molar-refractivity contribution in [3.8, 4) is 0 Å². The Morgan fingerprint density at radius 2 is 0.838 bits per heavy atom. The molecule has 0 atom stereocenters. The van der Waals surface area contributed by atoms with E-state index in [2.05, 4.69) is 0 Å². The van der Waals surface area contributed by atoms with Crippen molar-refractivity contribution in [1.29, 1.82) is 0 Å². The maximum Gasteiger partial charge on any atom is 0.310 e. The summed E-state index contributed by atoms with van der Waals surface area (Å²) in [5.74, 6) is -1.76. The second-order valence-electron chi connectivity index (χ2n) is 11.1. The Hall–Kier alpha value is -3.41. The van der Waals surface area contributed by atoms with Gasteiger partial charge >= 0.3 is 5.97 Å². The molecule has 0 aromatic heterocycles. The number of carboxylic acid groups (broad SMARTS) is 1. The fraction of sp³-hybridized carbons (Fsp3) is 0.452. The fourth-order valence-electron chi connectivity index (χ4n) is 4.62. The maximum atomic E-state index is 12.4. The van der Waals surface area contributed by atoms with Gasteiger partial charge in [0.05, 0.1) is 16.2 Å². The lowest BCUT2D eigenvalue weighted by Gasteiger charge is -2.27. The zero-order valence-electron chi connectivity index (χ0n) is 22.9. The molecule has 0 radical (unpaired) electrons. The molecule has 0 aliphatic heterocycles. The van der Waals surface area contributed by atoms with Crippen LogP contribution in [0.15, 0.2) is 48.5 Å². The van der Waals surface area contributed by atoms with Crippen LogP contribution in [0.3, 0.4) is 0 Å². The van der Waals surface area contributed by atoms with Crippen molar-refractivity contribution in [2.24, 2.45) is 16.2 Å². The molecule has 37 heavy (non-hydrogen) atoms. The minimum Gasteiger partial charge on any atom is -0.481 e. The van der Waals surface area contributed by atoms with Gasteiger partial charge in [-0.1, -0.05) is 48.5 Å². The van der Waals surface area contributed by atoms with Crippen LogP contribution in [-0.4, -0.2) is 34.2 Å². The van der Waals surface area contributed by atoms with Gasteiger partial charge < -0.3 is 5.11 Å². The summed E-state index contributed by atoms with van der Waals surface area (Å²) in [6.45, 7) is 10.6. The number of carbonyl (C=O) groups is 5. The van der Waals surface area contributed by atoms with Gasteiger partial charge in [0.1, 0.15) is 23.1 Å². The zero-order chi connectivity index (χ0) is 28.2. The van der Waals surface area contributed by atoms with E-state index in [1.165, 1.54) is 27.7 Å². The van der Waals surface area contributed by atoms with Crippen LogP contribution in [0.2, 0.25) is 0 Å². The topological polar surface area (TPSA) is 106 Å². The van der Waals surface area contributed by atoms with Crippen molar-refractivity contribution in [3.63, 3.8) is 0 Å². The number of benzene rings is 2. The predicted molar refractivity (Wildman–Crippen MR) is 142 cm³/mol. The van der Waals surface area contributed by atoms with Crippen LogP contribution in [0.4, 0.5) is 0 Å². The molecule has 0 bridgehead atoms. The van der Waals surface area contributed by atoms with Crippen LogP contribution in [-0.2, 0) is 49.7 Å². The van der Waals surface area contributed by atoms with E-state index in [1.807, 2.05) is 48.5 Å². The molecule has 0 aliphatic rings. The van der Waals surface area contributed by atoms with Crippen LogP contribution in [0.1, 0.15) is 70.7 Å². The Labute approximate surface area is 219 Å². The number of rotatable bonds is 13. The van der Waals surface area contributed by atoms with Crippen molar-refractivity contribution < 1.29 is 29.1 Å². The van der Waals surface area contributed by atoms with E-state index >= 15 is 0 Å². The monoisotopic (exact) mass is 506 g/mol. The zero-order valence-corrected chi connectivity index (χ0v) is 22.9. The van der Waals surface area contributed by atoms with E-state index in [1.54, 1.807) is 20.8 Å². The van der Waals surface area contributed by atoms with Gasteiger partial charge in [-0.05, 0) is 96.4 Å². The average Bonchev–Trinajstić information content (AvgIpc) is 2.78. The summed E-state index contributed by atoms with van der Waals surface area (Å²) in [6.07, 6.45) is 0.997. The van der Waals surface area contributed by atoms with Crippen molar-refractivity contribution in [1.82, 2.24) is 0 Å². The molecule has 0 saturated heterocycles. The lowest BCUT2D eigenvalue weighted by Crippen LogP contribution is -2.36. The quantitative estimate of drug-likeness (QED) is 0.383. The van der Waals surface area contributed by atoms with Crippen LogP contribution < -0.4 is 0 Å². The molecule has 0 heterocycles. The van der Waals surface area contributed by atoms with E-state index in [-0.39, 0.29) is 48.8 Å². The van der Waals surface area contributed by atoms with Crippen molar-refractivity contribution in [3.05, 3.63) is 70.8 Å². The first-order valence-corrected chi connectivity index (χ1v) is 12.5. The Bertz CT molecular complexity index is 1110. The molecule has 0 saturated carbocycles. The summed E-state index contributed by atoms with van der Waals surface area (Å²) in [7, 11) is 0. The molecule has 6 heteroatoms. The lowest BCUT2D eigenvalue weighted by molar-refractivity contribution is -0.148. The highest BCUT2D eigenvalue weighted by Crippen LogP contribution is 2.32. The third kappa shape index (κ3) is 6.88. The number of hydrogen-bond donors (Lipinski definition) is 1. The van der Waals surface area contributed by atoms with Crippen LogP contribution >= 0.6 is 0 Å². The Kier molecular flexibility index (Phi) is 9.13. The molecular weight excluding hydrogens is 468 g/mol. The number of hydrogen-bond acceptors (Lipinski definition) is 5. The molecule has 0 spiro atoms. The Morgan fingerprint density at radius 3 is 1.08 bits per heavy atom. The predicted octanol–water partition coefficient (Wildman–Crippen LogP) is 5.02. The first kappa shape index (κ1) is 29.8. The number of ketones is 4. The first-order chi connectivity index (χ1) is 17.0. The highest BCUT2D eigenvalue weighted by molar-refractivity contribution is 6.05. The van der Waals surface area contributed by atoms with Gasteiger partial charge in [-0.25, -0.2) is 0 Å². The summed E-state index contributed by atoms with van der Waals surface area (Å²) < 4.78 is 0. The fourth-order valence-corrected chi connectivity index (χ4v) is 4.62. The van der Waals surface area contributed by atoms with E-state index in [0.717, 1.165) is 22.3 Å². The molecule has 198 valence electrons. The molecule has 2 rings (SSSR count). The summed E-state index contributed by atoms with van der Waals surface area (Å²) in [6, 6.07) is 14.8. The molecule has 2 aromatic rings. The molecule has 0 aliphatic carbocycles. The number of carboxylic acids is 1. The normalized spacial score (nSPS) is 12.2. The molecule has 0 amide bonds. The van der Waals surface area contributed by atoms with Crippen molar-refractivity contribution in [2.45, 2.75) is 74.1 Å². The third-order valence-electron chi connectivity index (χ3n) is 7.91. The van der Waals surface area contributed by atoms with Crippen molar-refractivity contribution >= 4 is 29.1 Å². The third-order valence-corrected chi connectivity index (χ3v) is 7.91. The standard InChI is InChI=1S/C31H38O6/c1-20(32)30(6,21(2)33)18-26-12-8-10-24(14-26)16-29(5,28(36)37)17-25-11-9-13-27(15-25)19-31(7,22(3)34)23(4)35/h8-15H,16-19H2,1-7H3,(H,36,37). The van der Waals surface area contributed by atoms with Crippen LogP contribution in [0, 0.1) is 16.2 Å². The summed E-state index contributed by atoms with van der Waals surface area (Å²) >= 11 is 0. The number of Topliss-reactive ketones (excluding diaryl/α,β-unsaturated/α-hetero) is 4. The van der Waals surface area contributed by atoms with Gasteiger partial charge in [-0.15, -0.1) is 0 Å². The van der Waals surface area contributed by atoms with E-state index in [4.69, 9.17) is 0 Å². The largest absolute Gasteiger partial charge is 0.481 e. The number of aliphatic carboxylic acids is 1. The van der Waals surface area contributed by atoms with Crippen molar-refractivity contribution in [2.75, 3.05) is 0 Å². The minimum absolute atomic E-state index is 0.202. The van der Waals surface area contributed by atoms with Gasteiger partial charge in [-0.2, -0.15) is 0 Å². The summed E-state index contributed by atoms with van der Waals surface area (Å²) in [4.78, 5) is 61.1. The van der Waals surface area contributed by atoms with Gasteiger partial charge in [0, 0.05) is 0 Å². The molecular formula is C31H38O6. The second-order valence-corrected chi connectivity index (χ2v) is 11.1. The molecule has 6 nitrogen and oxygen atoms in total. The second kappa shape index (κ2) is 11.3. The van der Waals surface area contributed by atoms with Gasteiger partial charge in [0.2, 0.25) is 0 Å². The molecule has 0 unspecified atom stereocenters. The molecule has 2 aromatic carbocycles. The summed E-state index contributed by atoms with van der Waals surface area (Å²) in [5.41, 5.74) is -0.179. The first-order valence-electron chi connectivity index (χ1n) is 12.5. The summed E-state index contributed by atoms with van der Waals surface area (Å²) in [5, 5.41) is 10.2. The Balaban J connectivity index is 2.33. The lowest BCUT2D eigenvalue weighted by atomic mass is 9.75. The molecule has 0 fully saturated rings. The van der Waals surface area contributed by atoms with E-state index in [9.17, 15) is 29.1 Å². The minimum atomic E-state index is -1.13. The van der Waals surface area contributed by atoms with Gasteiger partial charge in [0.25, 0.3) is 0 Å². The maximum absolute atomic E-state index is 12.4. The average molecular weight is 507 g/mol. The van der Waals surface area contributed by atoms with Crippen LogP contribution in [0.25, 0.3) is 0 Å². The van der Waals surface area contributed by atoms with Crippen LogP contribution in [0.5, 0.6) is 0 Å². The molecule has 1 N–H and O–H groups in total. The highest BCUT2D eigenvalue weighted by Gasteiger charge is 2.37. The van der Waals surface area contributed by atoms with Gasteiger partial charge in [0.15, 0.2) is 0 Å².